The van der Waals surface area contributed by atoms with Crippen molar-refractivity contribution in [3.8, 4) is 0 Å². The summed E-state index contributed by atoms with van der Waals surface area (Å²) in [5.74, 6) is 0.473. The van der Waals surface area contributed by atoms with Gasteiger partial charge >= 0.3 is 0 Å². The van der Waals surface area contributed by atoms with Gasteiger partial charge in [-0.3, -0.25) is 4.98 Å². The van der Waals surface area contributed by atoms with E-state index in [0.717, 1.165) is 17.7 Å². The van der Waals surface area contributed by atoms with Crippen molar-refractivity contribution < 1.29 is 5.11 Å². The van der Waals surface area contributed by atoms with Crippen molar-refractivity contribution in [2.75, 3.05) is 0 Å². The molecule has 0 saturated heterocycles. The first-order valence-electron chi connectivity index (χ1n) is 4.96. The van der Waals surface area contributed by atoms with Gasteiger partial charge in [-0.25, -0.2) is 0 Å². The van der Waals surface area contributed by atoms with Gasteiger partial charge in [-0.2, -0.15) is 0 Å². The smallest absolute Gasteiger partial charge is 0.0962 e. The molecule has 0 saturated carbocycles. The highest BCUT2D eigenvalue weighted by Crippen LogP contribution is 2.18. The molecule has 0 aliphatic rings. The first kappa shape index (κ1) is 14.4. The molecule has 0 bridgehead atoms. The summed E-state index contributed by atoms with van der Waals surface area (Å²) < 4.78 is 0. The van der Waals surface area contributed by atoms with E-state index in [1.54, 1.807) is 6.20 Å². The number of aliphatic hydroxyl groups is 1. The predicted octanol–water partition coefficient (Wildman–Crippen LogP) is 2.04. The summed E-state index contributed by atoms with van der Waals surface area (Å²) >= 11 is 0. The lowest BCUT2D eigenvalue weighted by molar-refractivity contribution is 0.146. The zero-order valence-corrected chi connectivity index (χ0v) is 10.00. The predicted molar refractivity (Wildman–Crippen MR) is 63.8 cm³/mol. The molecule has 0 aromatic carbocycles. The Balaban J connectivity index is 0.00000196. The molecule has 1 rings (SSSR count). The van der Waals surface area contributed by atoms with Crippen molar-refractivity contribution in [2.45, 2.75) is 32.9 Å². The standard InChI is InChI=1S/C11H18N2O.ClH/c1-8(2)5-11(14)10-4-3-9(6-12)7-13-10;/h3-4,7-8,11,14H,5-6,12H2,1-2H3;1H. The minimum absolute atomic E-state index is 0. The monoisotopic (exact) mass is 230 g/mol. The normalized spacial score (nSPS) is 12.3. The van der Waals surface area contributed by atoms with Crippen molar-refractivity contribution in [2.24, 2.45) is 11.7 Å². The van der Waals surface area contributed by atoms with Crippen LogP contribution in [0.3, 0.4) is 0 Å². The Kier molecular flexibility index (Phi) is 6.48. The SMILES string of the molecule is CC(C)CC(O)c1ccc(CN)cn1.Cl. The van der Waals surface area contributed by atoms with Gasteiger partial charge in [0.25, 0.3) is 0 Å². The van der Waals surface area contributed by atoms with Gasteiger partial charge in [-0.05, 0) is 24.0 Å². The zero-order valence-electron chi connectivity index (χ0n) is 9.18. The lowest BCUT2D eigenvalue weighted by atomic mass is 10.0. The fourth-order valence-electron chi connectivity index (χ4n) is 1.32. The number of aromatic nitrogens is 1. The molecule has 1 heterocycles. The maximum absolute atomic E-state index is 9.76. The van der Waals surface area contributed by atoms with Gasteiger partial charge in [-0.15, -0.1) is 12.4 Å². The lowest BCUT2D eigenvalue weighted by Crippen LogP contribution is -2.05. The molecule has 86 valence electrons. The third kappa shape index (κ3) is 4.60. The van der Waals surface area contributed by atoms with E-state index < -0.39 is 6.10 Å². The average Bonchev–Trinajstić information content (AvgIpc) is 2.17. The quantitative estimate of drug-likeness (QED) is 0.832. The van der Waals surface area contributed by atoms with Gasteiger partial charge < -0.3 is 10.8 Å². The van der Waals surface area contributed by atoms with Crippen LogP contribution in [0.1, 0.15) is 37.6 Å². The molecule has 0 fully saturated rings. The van der Waals surface area contributed by atoms with E-state index >= 15 is 0 Å². The fraction of sp³-hybridized carbons (Fsp3) is 0.545. The Morgan fingerprint density at radius 3 is 2.47 bits per heavy atom. The second-order valence-corrected chi connectivity index (χ2v) is 3.94. The number of nitrogens with two attached hydrogens (primary N) is 1. The van der Waals surface area contributed by atoms with Crippen LogP contribution in [0.15, 0.2) is 18.3 Å². The van der Waals surface area contributed by atoms with Crippen LogP contribution in [0.2, 0.25) is 0 Å². The van der Waals surface area contributed by atoms with Gasteiger partial charge in [0, 0.05) is 12.7 Å². The second kappa shape index (κ2) is 6.77. The van der Waals surface area contributed by atoms with Crippen LogP contribution >= 0.6 is 12.4 Å². The van der Waals surface area contributed by atoms with E-state index in [1.807, 2.05) is 12.1 Å². The number of aliphatic hydroxyl groups excluding tert-OH is 1. The lowest BCUT2D eigenvalue weighted by Gasteiger charge is -2.12. The Labute approximate surface area is 97.1 Å². The molecule has 1 aromatic rings. The van der Waals surface area contributed by atoms with Crippen LogP contribution in [-0.2, 0) is 6.54 Å². The number of halogens is 1. The number of hydrogen-bond acceptors (Lipinski definition) is 3. The summed E-state index contributed by atoms with van der Waals surface area (Å²) in [6.45, 7) is 4.66. The summed E-state index contributed by atoms with van der Waals surface area (Å²) in [6.07, 6.45) is 2.01. The van der Waals surface area contributed by atoms with Crippen LogP contribution in [0, 0.1) is 5.92 Å². The van der Waals surface area contributed by atoms with Crippen LogP contribution in [-0.4, -0.2) is 10.1 Å². The molecular formula is C11H19ClN2O. The third-order valence-electron chi connectivity index (χ3n) is 2.12. The van der Waals surface area contributed by atoms with Crippen molar-refractivity contribution in [3.05, 3.63) is 29.6 Å². The van der Waals surface area contributed by atoms with Crippen LogP contribution in [0.25, 0.3) is 0 Å². The molecule has 3 N–H and O–H groups in total. The maximum Gasteiger partial charge on any atom is 0.0962 e. The number of nitrogens with zero attached hydrogens (tertiary/aromatic N) is 1. The topological polar surface area (TPSA) is 59.1 Å². The minimum Gasteiger partial charge on any atom is -0.387 e. The molecule has 15 heavy (non-hydrogen) atoms. The molecular weight excluding hydrogens is 212 g/mol. The highest BCUT2D eigenvalue weighted by atomic mass is 35.5. The molecule has 3 nitrogen and oxygen atoms in total. The molecule has 0 spiro atoms. The largest absolute Gasteiger partial charge is 0.387 e. The summed E-state index contributed by atoms with van der Waals surface area (Å²) in [7, 11) is 0. The summed E-state index contributed by atoms with van der Waals surface area (Å²) in [4.78, 5) is 4.17. The zero-order chi connectivity index (χ0) is 10.6. The Morgan fingerprint density at radius 1 is 1.40 bits per heavy atom. The van der Waals surface area contributed by atoms with E-state index in [4.69, 9.17) is 5.73 Å². The summed E-state index contributed by atoms with van der Waals surface area (Å²) in [6, 6.07) is 3.75. The molecule has 1 aromatic heterocycles. The highest BCUT2D eigenvalue weighted by Gasteiger charge is 2.10. The molecule has 0 amide bonds. The average molecular weight is 231 g/mol. The number of hydrogen-bond donors (Lipinski definition) is 2. The Morgan fingerprint density at radius 2 is 2.07 bits per heavy atom. The van der Waals surface area contributed by atoms with Gasteiger partial charge in [0.2, 0.25) is 0 Å². The van der Waals surface area contributed by atoms with Crippen LogP contribution in [0.4, 0.5) is 0 Å². The van der Waals surface area contributed by atoms with E-state index in [-0.39, 0.29) is 12.4 Å². The second-order valence-electron chi connectivity index (χ2n) is 3.94. The van der Waals surface area contributed by atoms with Crippen LogP contribution < -0.4 is 5.73 Å². The van der Waals surface area contributed by atoms with Crippen LogP contribution in [0.5, 0.6) is 0 Å². The van der Waals surface area contributed by atoms with Crippen molar-refractivity contribution in [1.82, 2.24) is 4.98 Å². The first-order chi connectivity index (χ1) is 6.63. The Hall–Kier alpha value is -0.640. The minimum atomic E-state index is -0.457. The highest BCUT2D eigenvalue weighted by molar-refractivity contribution is 5.85. The van der Waals surface area contributed by atoms with Gasteiger partial charge in [0.1, 0.15) is 0 Å². The summed E-state index contributed by atoms with van der Waals surface area (Å²) in [5.41, 5.74) is 7.18. The Bertz CT molecular complexity index is 274. The van der Waals surface area contributed by atoms with E-state index in [2.05, 4.69) is 18.8 Å². The van der Waals surface area contributed by atoms with Gasteiger partial charge in [-0.1, -0.05) is 19.9 Å². The third-order valence-corrected chi connectivity index (χ3v) is 2.12. The van der Waals surface area contributed by atoms with Crippen molar-refractivity contribution in [1.29, 1.82) is 0 Å². The summed E-state index contributed by atoms with van der Waals surface area (Å²) in [5, 5.41) is 9.76. The molecule has 1 atom stereocenters. The van der Waals surface area contributed by atoms with E-state index in [9.17, 15) is 5.11 Å². The molecule has 4 heteroatoms. The molecule has 1 unspecified atom stereocenters. The van der Waals surface area contributed by atoms with E-state index in [0.29, 0.717) is 12.5 Å². The fourth-order valence-corrected chi connectivity index (χ4v) is 1.32. The van der Waals surface area contributed by atoms with Crippen molar-refractivity contribution >= 4 is 12.4 Å². The maximum atomic E-state index is 9.76. The molecule has 0 radical (unpaired) electrons. The van der Waals surface area contributed by atoms with Gasteiger partial charge in [0.05, 0.1) is 11.8 Å². The molecule has 0 aliphatic heterocycles. The first-order valence-corrected chi connectivity index (χ1v) is 4.96. The van der Waals surface area contributed by atoms with Crippen molar-refractivity contribution in [3.63, 3.8) is 0 Å². The van der Waals surface area contributed by atoms with E-state index in [1.165, 1.54) is 0 Å². The molecule has 0 aliphatic carbocycles. The van der Waals surface area contributed by atoms with Gasteiger partial charge in [0.15, 0.2) is 0 Å². The number of rotatable bonds is 4. The number of pyridine rings is 1.